The van der Waals surface area contributed by atoms with Crippen molar-refractivity contribution in [3.8, 4) is 0 Å². The molecule has 0 unspecified atom stereocenters. The average Bonchev–Trinajstić information content (AvgIpc) is 0. The van der Waals surface area contributed by atoms with Gasteiger partial charge in [0, 0.05) is 95.4 Å². The number of hydrogen-bond acceptors (Lipinski definition) is 0. The van der Waals surface area contributed by atoms with E-state index in [-0.39, 0.29) is 95.4 Å². The van der Waals surface area contributed by atoms with Crippen LogP contribution < -0.4 is 0 Å². The predicted octanol–water partition coefficient (Wildman–Crippen LogP) is -0.0100. The van der Waals surface area contributed by atoms with Crippen LogP contribution in [-0.2, 0) is 95.4 Å². The molecule has 4 heteroatoms. The summed E-state index contributed by atoms with van der Waals surface area (Å²) >= 11 is 0. The van der Waals surface area contributed by atoms with Crippen LogP contribution in [0.1, 0.15) is 0 Å². The topological polar surface area (TPSA) is 0 Å². The summed E-state index contributed by atoms with van der Waals surface area (Å²) in [6.45, 7) is 0. The van der Waals surface area contributed by atoms with Crippen molar-refractivity contribution in [2.45, 2.75) is 0 Å². The van der Waals surface area contributed by atoms with Crippen molar-refractivity contribution < 1.29 is 95.4 Å². The fraction of sp³-hybridized carbons (Fsp3) is 0. The summed E-state index contributed by atoms with van der Waals surface area (Å²) in [6.07, 6.45) is 0. The van der Waals surface area contributed by atoms with Crippen LogP contribution in [0.5, 0.6) is 0 Å². The van der Waals surface area contributed by atoms with Gasteiger partial charge in [0.15, 0.2) is 0 Å². The van der Waals surface area contributed by atoms with Crippen LogP contribution in [-0.4, -0.2) is 0 Å². The third-order valence-electron chi connectivity index (χ3n) is 0. The van der Waals surface area contributed by atoms with Crippen LogP contribution in [0.3, 0.4) is 0 Å². The van der Waals surface area contributed by atoms with Crippen LogP contribution in [0.25, 0.3) is 0 Å². The van der Waals surface area contributed by atoms with Gasteiger partial charge in [0.05, 0.1) is 0 Å². The van der Waals surface area contributed by atoms with E-state index in [4.69, 9.17) is 0 Å². The van der Waals surface area contributed by atoms with Crippen molar-refractivity contribution in [2.24, 2.45) is 0 Å². The molecule has 0 aliphatic heterocycles. The second-order valence-electron chi connectivity index (χ2n) is 0. The molecule has 0 fully saturated rings. The first-order chi connectivity index (χ1) is 0. The van der Waals surface area contributed by atoms with Crippen LogP contribution in [0, 0.1) is 0 Å². The number of rotatable bonds is 0. The molecule has 0 aromatic heterocycles. The van der Waals surface area contributed by atoms with E-state index < -0.39 is 0 Å². The molecule has 0 aliphatic rings. The quantitative estimate of drug-likeness (QED) is 0.522. The first-order valence-electron chi connectivity index (χ1n) is 0. The maximum absolute atomic E-state index is 0. The summed E-state index contributed by atoms with van der Waals surface area (Å²) in [5, 5.41) is 0. The van der Waals surface area contributed by atoms with Gasteiger partial charge in [0.1, 0.15) is 0 Å². The normalized spacial score (nSPS) is 0. The van der Waals surface area contributed by atoms with Gasteiger partial charge in [-0.2, -0.15) is 0 Å². The Kier molecular flexibility index (Phi) is 111. The molecular weight excluding hydrogens is 377 g/mol. The molecule has 0 N–H and O–H groups in total. The predicted molar refractivity (Wildman–Crippen MR) is 0 cm³/mol. The summed E-state index contributed by atoms with van der Waals surface area (Å²) in [4.78, 5) is 0. The van der Waals surface area contributed by atoms with Gasteiger partial charge in [-0.15, -0.1) is 0 Å². The van der Waals surface area contributed by atoms with Gasteiger partial charge in [0.2, 0.25) is 0 Å². The Bertz CT molecular complexity index is 8.00. The molecule has 0 aromatic rings. The van der Waals surface area contributed by atoms with E-state index in [0.717, 1.165) is 0 Å². The standard InChI is InChI=1S/Ag.Cd.Zn.Zr. The largest absolute Gasteiger partial charge is 0 e. The Morgan fingerprint density at radius 3 is 1.00 bits per heavy atom. The number of hydrogen-bond donors (Lipinski definition) is 0. The van der Waals surface area contributed by atoms with Gasteiger partial charge < -0.3 is 0 Å². The molecule has 0 nitrogen and oxygen atoms in total. The van der Waals surface area contributed by atoms with Gasteiger partial charge in [-0.05, 0) is 0 Å². The molecule has 0 rings (SSSR count). The first-order valence-corrected chi connectivity index (χ1v) is 0. The minimum atomic E-state index is 0. The molecule has 4 heavy (non-hydrogen) atoms. The van der Waals surface area contributed by atoms with Gasteiger partial charge in [0.25, 0.3) is 0 Å². The van der Waals surface area contributed by atoms with Crippen LogP contribution in [0.15, 0.2) is 0 Å². The first kappa shape index (κ1) is 27.2. The average molecular weight is 377 g/mol. The van der Waals surface area contributed by atoms with Gasteiger partial charge in [-0.25, -0.2) is 0 Å². The van der Waals surface area contributed by atoms with Crippen LogP contribution in [0.2, 0.25) is 0 Å². The SMILES string of the molecule is [Ag].[Cd].[Zn].[Zr]. The van der Waals surface area contributed by atoms with Crippen LogP contribution >= 0.6 is 0 Å². The Morgan fingerprint density at radius 2 is 1.00 bits per heavy atom. The van der Waals surface area contributed by atoms with E-state index in [9.17, 15) is 0 Å². The minimum Gasteiger partial charge on any atom is 0 e. The molecule has 0 atom stereocenters. The summed E-state index contributed by atoms with van der Waals surface area (Å²) in [5.41, 5.74) is 0. The zero-order valence-electron chi connectivity index (χ0n) is 2.22. The molecule has 0 amide bonds. The molecule has 0 saturated heterocycles. The molecule has 0 aliphatic carbocycles. The molecule has 0 saturated carbocycles. The monoisotopic (exact) mass is 375 g/mol. The zero-order valence-corrected chi connectivity index (χ0v) is 13.2. The van der Waals surface area contributed by atoms with Crippen molar-refractivity contribution in [3.05, 3.63) is 0 Å². The summed E-state index contributed by atoms with van der Waals surface area (Å²) in [5.74, 6) is 0. The Hall–Kier alpha value is 3.17. The zero-order chi connectivity index (χ0) is 0. The second-order valence-corrected chi connectivity index (χ2v) is 0. The van der Waals surface area contributed by atoms with E-state index in [0.29, 0.717) is 0 Å². The molecule has 0 bridgehead atoms. The van der Waals surface area contributed by atoms with E-state index >= 15 is 0 Å². The molecule has 1 radical (unpaired) electrons. The molecule has 0 spiro atoms. The van der Waals surface area contributed by atoms with E-state index in [1.807, 2.05) is 0 Å². The smallest absolute Gasteiger partial charge is 0 e. The maximum atomic E-state index is 0. The maximum Gasteiger partial charge on any atom is 0 e. The molecular formula is AgCdZnZr. The molecule has 19 valence electrons. The Balaban J connectivity index is 0. The van der Waals surface area contributed by atoms with Crippen molar-refractivity contribution in [3.63, 3.8) is 0 Å². The second kappa shape index (κ2) is 16.4. The Morgan fingerprint density at radius 1 is 1.00 bits per heavy atom. The van der Waals surface area contributed by atoms with Crippen molar-refractivity contribution in [1.82, 2.24) is 0 Å². The van der Waals surface area contributed by atoms with Crippen molar-refractivity contribution >= 4 is 0 Å². The van der Waals surface area contributed by atoms with Gasteiger partial charge in [-0.1, -0.05) is 0 Å². The minimum absolute atomic E-state index is 0. The van der Waals surface area contributed by atoms with E-state index in [2.05, 4.69) is 0 Å². The van der Waals surface area contributed by atoms with Crippen LogP contribution in [0.4, 0.5) is 0 Å². The van der Waals surface area contributed by atoms with Gasteiger partial charge >= 0.3 is 0 Å². The third-order valence-corrected chi connectivity index (χ3v) is 0. The fourth-order valence-electron chi connectivity index (χ4n) is 0. The summed E-state index contributed by atoms with van der Waals surface area (Å²) in [6, 6.07) is 0. The summed E-state index contributed by atoms with van der Waals surface area (Å²) < 4.78 is 0. The van der Waals surface area contributed by atoms with E-state index in [1.54, 1.807) is 0 Å². The molecule has 0 aromatic carbocycles. The summed E-state index contributed by atoms with van der Waals surface area (Å²) in [7, 11) is 0. The third kappa shape index (κ3) is 8.95. The Labute approximate surface area is 93.4 Å². The van der Waals surface area contributed by atoms with Crippen molar-refractivity contribution in [1.29, 1.82) is 0 Å². The van der Waals surface area contributed by atoms with Crippen molar-refractivity contribution in [2.75, 3.05) is 0 Å². The molecule has 0 heterocycles. The van der Waals surface area contributed by atoms with E-state index in [1.165, 1.54) is 0 Å². The fourth-order valence-corrected chi connectivity index (χ4v) is 0. The van der Waals surface area contributed by atoms with Gasteiger partial charge in [-0.3, -0.25) is 0 Å².